The van der Waals surface area contributed by atoms with Gasteiger partial charge in [-0.2, -0.15) is 0 Å². The Bertz CT molecular complexity index is 1220. The largest absolute Gasteiger partial charge is 0.497 e. The van der Waals surface area contributed by atoms with Gasteiger partial charge < -0.3 is 14.4 Å². The summed E-state index contributed by atoms with van der Waals surface area (Å²) in [5.74, 6) is 1.53. The topological polar surface area (TPSA) is 47.5 Å². The fraction of sp³-hybridized carbons (Fsp3) is 0.250. The van der Waals surface area contributed by atoms with Gasteiger partial charge in [0.15, 0.2) is 5.13 Å². The van der Waals surface area contributed by atoms with E-state index in [0.717, 1.165) is 62.2 Å². The molecule has 160 valence electrons. The van der Waals surface area contributed by atoms with E-state index in [1.54, 1.807) is 25.6 Å². The van der Waals surface area contributed by atoms with Crippen LogP contribution in [0.25, 0.3) is 22.0 Å². The number of methoxy groups -OCH3 is 2. The molecule has 0 unspecified atom stereocenters. The highest BCUT2D eigenvalue weighted by molar-refractivity contribution is 7.16. The molecule has 0 saturated heterocycles. The van der Waals surface area contributed by atoms with Gasteiger partial charge >= 0.3 is 0 Å². The standard InChI is InChI=1S/C24H24ClN3O2S/c1-5-12-28(23-18-10-11-26-14-16(18)6-9-21(23)30-4)24-27-22(15(2)31-24)19-8-7-17(29-3)13-20(19)25/h6-11,13-14H,5,12H2,1-4H3. The van der Waals surface area contributed by atoms with Crippen molar-refractivity contribution in [2.75, 3.05) is 25.7 Å². The molecule has 0 saturated carbocycles. The second-order valence-corrected chi connectivity index (χ2v) is 8.70. The summed E-state index contributed by atoms with van der Waals surface area (Å²) in [6.07, 6.45) is 4.64. The van der Waals surface area contributed by atoms with Crippen LogP contribution in [0.15, 0.2) is 48.8 Å². The van der Waals surface area contributed by atoms with Gasteiger partial charge in [0.2, 0.25) is 0 Å². The highest BCUT2D eigenvalue weighted by Gasteiger charge is 2.22. The molecule has 0 amide bonds. The van der Waals surface area contributed by atoms with Crippen LogP contribution in [-0.4, -0.2) is 30.7 Å². The summed E-state index contributed by atoms with van der Waals surface area (Å²) in [7, 11) is 3.33. The number of benzene rings is 2. The molecule has 2 aromatic carbocycles. The number of fused-ring (bicyclic) bond motifs is 1. The molecule has 2 aromatic heterocycles. The second-order valence-electron chi connectivity index (χ2n) is 7.11. The van der Waals surface area contributed by atoms with Crippen LogP contribution in [0.5, 0.6) is 11.5 Å². The molecule has 5 nitrogen and oxygen atoms in total. The lowest BCUT2D eigenvalue weighted by Crippen LogP contribution is -2.19. The van der Waals surface area contributed by atoms with Crippen LogP contribution in [0.2, 0.25) is 5.02 Å². The van der Waals surface area contributed by atoms with Crippen molar-refractivity contribution in [1.82, 2.24) is 9.97 Å². The second kappa shape index (κ2) is 9.12. The van der Waals surface area contributed by atoms with Crippen molar-refractivity contribution in [2.24, 2.45) is 0 Å². The molecule has 0 radical (unpaired) electrons. The van der Waals surface area contributed by atoms with E-state index >= 15 is 0 Å². The lowest BCUT2D eigenvalue weighted by molar-refractivity contribution is 0.415. The summed E-state index contributed by atoms with van der Waals surface area (Å²) in [5, 5.41) is 3.67. The van der Waals surface area contributed by atoms with E-state index in [0.29, 0.717) is 5.02 Å². The molecular formula is C24H24ClN3O2S. The molecular weight excluding hydrogens is 430 g/mol. The van der Waals surface area contributed by atoms with Crippen molar-refractivity contribution in [3.05, 3.63) is 58.7 Å². The van der Waals surface area contributed by atoms with E-state index in [2.05, 4.69) is 23.7 Å². The number of thiazole rings is 1. The summed E-state index contributed by atoms with van der Waals surface area (Å²) in [4.78, 5) is 12.6. The van der Waals surface area contributed by atoms with Crippen molar-refractivity contribution in [3.8, 4) is 22.8 Å². The number of nitrogens with zero attached hydrogens (tertiary/aromatic N) is 3. The molecule has 0 aliphatic rings. The van der Waals surface area contributed by atoms with Gasteiger partial charge in [-0.05, 0) is 49.7 Å². The number of hydrogen-bond acceptors (Lipinski definition) is 6. The third-order valence-corrected chi connectivity index (χ3v) is 6.45. The Morgan fingerprint density at radius 2 is 1.94 bits per heavy atom. The number of aryl methyl sites for hydroxylation is 1. The summed E-state index contributed by atoms with van der Waals surface area (Å²) in [5.41, 5.74) is 2.79. The molecule has 0 N–H and O–H groups in total. The summed E-state index contributed by atoms with van der Waals surface area (Å²) in [6, 6.07) is 11.7. The van der Waals surface area contributed by atoms with E-state index in [1.165, 1.54) is 0 Å². The number of anilines is 2. The smallest absolute Gasteiger partial charge is 0.190 e. The first-order valence-electron chi connectivity index (χ1n) is 10.1. The molecule has 4 rings (SSSR count). The summed E-state index contributed by atoms with van der Waals surface area (Å²) in [6.45, 7) is 5.04. The van der Waals surface area contributed by atoms with Gasteiger partial charge in [0, 0.05) is 40.2 Å². The van der Waals surface area contributed by atoms with E-state index in [-0.39, 0.29) is 0 Å². The van der Waals surface area contributed by atoms with E-state index in [9.17, 15) is 0 Å². The van der Waals surface area contributed by atoms with E-state index in [4.69, 9.17) is 26.1 Å². The monoisotopic (exact) mass is 453 g/mol. The average Bonchev–Trinajstić information content (AvgIpc) is 3.17. The SMILES string of the molecule is CCCN(c1nc(-c2ccc(OC)cc2Cl)c(C)s1)c1c(OC)ccc2cnccc12. The summed E-state index contributed by atoms with van der Waals surface area (Å²) >= 11 is 8.20. The third kappa shape index (κ3) is 4.05. The zero-order valence-electron chi connectivity index (χ0n) is 18.0. The maximum absolute atomic E-state index is 6.55. The van der Waals surface area contributed by atoms with E-state index < -0.39 is 0 Å². The average molecular weight is 454 g/mol. The Balaban J connectivity index is 1.87. The molecule has 31 heavy (non-hydrogen) atoms. The van der Waals surface area contributed by atoms with Gasteiger partial charge in [-0.3, -0.25) is 4.98 Å². The number of pyridine rings is 1. The maximum Gasteiger partial charge on any atom is 0.190 e. The van der Waals surface area contributed by atoms with Crippen molar-refractivity contribution >= 4 is 44.5 Å². The number of halogens is 1. The Hall–Kier alpha value is -2.83. The first-order valence-corrected chi connectivity index (χ1v) is 11.3. The minimum absolute atomic E-state index is 0.621. The maximum atomic E-state index is 6.55. The van der Waals surface area contributed by atoms with Gasteiger partial charge in [0.25, 0.3) is 0 Å². The predicted molar refractivity (Wildman–Crippen MR) is 129 cm³/mol. The van der Waals surface area contributed by atoms with Crippen molar-refractivity contribution in [2.45, 2.75) is 20.3 Å². The molecule has 0 spiro atoms. The number of aromatic nitrogens is 2. The van der Waals surface area contributed by atoms with Gasteiger partial charge in [-0.15, -0.1) is 11.3 Å². The molecule has 4 aromatic rings. The molecule has 0 aliphatic carbocycles. The highest BCUT2D eigenvalue weighted by Crippen LogP contribution is 2.44. The Morgan fingerprint density at radius 1 is 1.10 bits per heavy atom. The van der Waals surface area contributed by atoms with Crippen LogP contribution >= 0.6 is 22.9 Å². The zero-order chi connectivity index (χ0) is 22.0. The van der Waals surface area contributed by atoms with Crippen molar-refractivity contribution in [1.29, 1.82) is 0 Å². The van der Waals surface area contributed by atoms with Crippen LogP contribution in [0.3, 0.4) is 0 Å². The number of rotatable bonds is 7. The number of hydrogen-bond donors (Lipinski definition) is 0. The molecule has 0 fully saturated rings. The van der Waals surface area contributed by atoms with Crippen LogP contribution in [-0.2, 0) is 0 Å². The fourth-order valence-corrected chi connectivity index (χ4v) is 4.88. The third-order valence-electron chi connectivity index (χ3n) is 5.14. The number of ether oxygens (including phenoxy) is 2. The Morgan fingerprint density at radius 3 is 2.65 bits per heavy atom. The van der Waals surface area contributed by atoms with Gasteiger partial charge in [-0.1, -0.05) is 18.5 Å². The van der Waals surface area contributed by atoms with Crippen LogP contribution in [0.1, 0.15) is 18.2 Å². The molecule has 0 atom stereocenters. The molecule has 0 aliphatic heterocycles. The predicted octanol–water partition coefficient (Wildman–Crippen LogP) is 6.89. The lowest BCUT2D eigenvalue weighted by Gasteiger charge is -2.25. The normalized spacial score (nSPS) is 11.0. The quantitative estimate of drug-likeness (QED) is 0.305. The molecule has 2 heterocycles. The zero-order valence-corrected chi connectivity index (χ0v) is 19.5. The van der Waals surface area contributed by atoms with Crippen LogP contribution in [0.4, 0.5) is 10.8 Å². The van der Waals surface area contributed by atoms with E-state index in [1.807, 2.05) is 48.8 Å². The minimum atomic E-state index is 0.621. The molecule has 0 bridgehead atoms. The van der Waals surface area contributed by atoms with Gasteiger partial charge in [-0.25, -0.2) is 4.98 Å². The Kier molecular flexibility index (Phi) is 6.30. The van der Waals surface area contributed by atoms with Crippen molar-refractivity contribution < 1.29 is 9.47 Å². The fourth-order valence-electron chi connectivity index (χ4n) is 3.66. The lowest BCUT2D eigenvalue weighted by atomic mass is 10.1. The highest BCUT2D eigenvalue weighted by atomic mass is 35.5. The summed E-state index contributed by atoms with van der Waals surface area (Å²) < 4.78 is 11.0. The van der Waals surface area contributed by atoms with Crippen LogP contribution in [0, 0.1) is 6.92 Å². The first kappa shape index (κ1) is 21.4. The van der Waals surface area contributed by atoms with Crippen molar-refractivity contribution in [3.63, 3.8) is 0 Å². The van der Waals surface area contributed by atoms with Gasteiger partial charge in [0.05, 0.1) is 30.6 Å². The van der Waals surface area contributed by atoms with Gasteiger partial charge in [0.1, 0.15) is 11.5 Å². The Labute approximate surface area is 191 Å². The minimum Gasteiger partial charge on any atom is -0.497 e. The van der Waals surface area contributed by atoms with Crippen LogP contribution < -0.4 is 14.4 Å². The molecule has 7 heteroatoms. The first-order chi connectivity index (χ1) is 15.1.